The smallest absolute Gasteiger partial charge is 0.268 e. The van der Waals surface area contributed by atoms with Gasteiger partial charge in [0.2, 0.25) is 0 Å². The number of rotatable bonds is 4. The van der Waals surface area contributed by atoms with Gasteiger partial charge in [-0.2, -0.15) is 0 Å². The fourth-order valence-corrected chi connectivity index (χ4v) is 3.42. The largest absolute Gasteiger partial charge is 0.497 e. The average molecular weight is 355 g/mol. The summed E-state index contributed by atoms with van der Waals surface area (Å²) in [6.07, 6.45) is 0. The second-order valence-electron chi connectivity index (χ2n) is 5.50. The molecule has 1 N–H and O–H groups in total. The Hall–Kier alpha value is -2.86. The first kappa shape index (κ1) is 17.0. The van der Waals surface area contributed by atoms with Crippen LogP contribution in [0.3, 0.4) is 0 Å². The molecule has 2 aromatic carbocycles. The minimum absolute atomic E-state index is 0.323. The van der Waals surface area contributed by atoms with E-state index in [0.29, 0.717) is 16.2 Å². The van der Waals surface area contributed by atoms with Crippen molar-refractivity contribution in [1.82, 2.24) is 5.32 Å². The van der Waals surface area contributed by atoms with Crippen LogP contribution in [0.5, 0.6) is 11.5 Å². The first-order valence-corrected chi connectivity index (χ1v) is 8.41. The molecule has 0 radical (unpaired) electrons. The van der Waals surface area contributed by atoms with Gasteiger partial charge in [-0.05, 0) is 54.3 Å². The number of benzene rings is 2. The first-order chi connectivity index (χ1) is 12.0. The van der Waals surface area contributed by atoms with E-state index in [-0.39, 0.29) is 0 Å². The third-order valence-electron chi connectivity index (χ3n) is 3.78. The molecule has 0 aliphatic rings. The van der Waals surface area contributed by atoms with Crippen LogP contribution in [0.1, 0.15) is 25.6 Å². The van der Waals surface area contributed by atoms with Gasteiger partial charge in [0, 0.05) is 4.70 Å². The van der Waals surface area contributed by atoms with Crippen LogP contribution >= 0.6 is 11.3 Å². The number of hydrogen-bond donors (Lipinski definition) is 1. The van der Waals surface area contributed by atoms with E-state index >= 15 is 0 Å². The fraction of sp³-hybridized carbons (Fsp3) is 0.158. The molecule has 0 unspecified atom stereocenters. The number of methoxy groups -OCH3 is 2. The zero-order valence-corrected chi connectivity index (χ0v) is 14.9. The van der Waals surface area contributed by atoms with Crippen LogP contribution in [0.4, 0.5) is 0 Å². The number of carbonyl (C=O) groups is 2. The van der Waals surface area contributed by atoms with Gasteiger partial charge in [0.1, 0.15) is 11.5 Å². The molecular weight excluding hydrogens is 338 g/mol. The first-order valence-electron chi connectivity index (χ1n) is 7.59. The second kappa shape index (κ2) is 6.94. The number of imide groups is 1. The van der Waals surface area contributed by atoms with E-state index in [0.717, 1.165) is 21.4 Å². The van der Waals surface area contributed by atoms with Crippen LogP contribution in [-0.4, -0.2) is 26.0 Å². The lowest BCUT2D eigenvalue weighted by Crippen LogP contribution is -2.30. The molecule has 0 bridgehead atoms. The zero-order chi connectivity index (χ0) is 18.0. The van der Waals surface area contributed by atoms with Gasteiger partial charge in [-0.25, -0.2) is 0 Å². The maximum Gasteiger partial charge on any atom is 0.268 e. The molecule has 5 nitrogen and oxygen atoms in total. The van der Waals surface area contributed by atoms with Gasteiger partial charge in [-0.1, -0.05) is 6.07 Å². The van der Waals surface area contributed by atoms with Crippen LogP contribution in [0.25, 0.3) is 10.1 Å². The molecule has 128 valence electrons. The number of nitrogens with one attached hydrogen (secondary N) is 1. The van der Waals surface area contributed by atoms with E-state index < -0.39 is 11.8 Å². The van der Waals surface area contributed by atoms with Crippen molar-refractivity contribution in [3.05, 3.63) is 58.5 Å². The lowest BCUT2D eigenvalue weighted by atomic mass is 10.1. The van der Waals surface area contributed by atoms with E-state index in [1.54, 1.807) is 31.4 Å². The van der Waals surface area contributed by atoms with Gasteiger partial charge < -0.3 is 9.47 Å². The van der Waals surface area contributed by atoms with E-state index in [1.807, 2.05) is 25.1 Å². The van der Waals surface area contributed by atoms with Crippen LogP contribution in [-0.2, 0) is 0 Å². The van der Waals surface area contributed by atoms with Gasteiger partial charge in [0.25, 0.3) is 11.8 Å². The van der Waals surface area contributed by atoms with Crippen molar-refractivity contribution < 1.29 is 19.1 Å². The molecule has 3 rings (SSSR count). The van der Waals surface area contributed by atoms with Crippen LogP contribution in [0, 0.1) is 6.92 Å². The summed E-state index contributed by atoms with van der Waals surface area (Å²) in [5.74, 6) is 0.230. The molecule has 2 amide bonds. The molecule has 6 heteroatoms. The van der Waals surface area contributed by atoms with Gasteiger partial charge in [0.15, 0.2) is 0 Å². The monoisotopic (exact) mass is 355 g/mol. The van der Waals surface area contributed by atoms with Crippen LogP contribution in [0.2, 0.25) is 0 Å². The Kier molecular flexibility index (Phi) is 4.72. The molecule has 0 aliphatic heterocycles. The van der Waals surface area contributed by atoms with Gasteiger partial charge in [-0.15, -0.1) is 11.3 Å². The Morgan fingerprint density at radius 3 is 2.48 bits per heavy atom. The highest BCUT2D eigenvalue weighted by molar-refractivity contribution is 7.20. The Bertz CT molecular complexity index is 961. The highest BCUT2D eigenvalue weighted by Crippen LogP contribution is 2.29. The third kappa shape index (κ3) is 3.49. The lowest BCUT2D eigenvalue weighted by molar-refractivity contribution is 0.0850. The summed E-state index contributed by atoms with van der Waals surface area (Å²) in [5, 5.41) is 3.32. The fourth-order valence-electron chi connectivity index (χ4n) is 2.48. The quantitative estimate of drug-likeness (QED) is 0.723. The summed E-state index contributed by atoms with van der Waals surface area (Å²) >= 11 is 1.32. The molecule has 0 fully saturated rings. The summed E-state index contributed by atoms with van der Waals surface area (Å²) in [5.41, 5.74) is 1.29. The number of fused-ring (bicyclic) bond motifs is 1. The van der Waals surface area contributed by atoms with Crippen molar-refractivity contribution >= 4 is 33.2 Å². The van der Waals surface area contributed by atoms with Gasteiger partial charge >= 0.3 is 0 Å². The lowest BCUT2D eigenvalue weighted by Gasteiger charge is -2.08. The number of carbonyl (C=O) groups excluding carboxylic acids is 2. The minimum Gasteiger partial charge on any atom is -0.497 e. The highest BCUT2D eigenvalue weighted by Gasteiger charge is 2.18. The van der Waals surface area contributed by atoms with Crippen LogP contribution < -0.4 is 14.8 Å². The topological polar surface area (TPSA) is 64.6 Å². The standard InChI is InChI=1S/C19H17NO4S/c1-11-4-6-14(15(8-11)24-3)18(21)20-19(22)17-10-12-9-13(23-2)5-7-16(12)25-17/h4-10H,1-3H3,(H,20,21,22). The molecule has 25 heavy (non-hydrogen) atoms. The summed E-state index contributed by atoms with van der Waals surface area (Å²) in [7, 11) is 3.08. The van der Waals surface area contributed by atoms with E-state index in [2.05, 4.69) is 5.32 Å². The number of amides is 2. The molecule has 0 saturated heterocycles. The number of aryl methyl sites for hydroxylation is 1. The molecule has 0 saturated carbocycles. The number of thiophene rings is 1. The van der Waals surface area contributed by atoms with Crippen molar-refractivity contribution in [2.24, 2.45) is 0 Å². The third-order valence-corrected chi connectivity index (χ3v) is 4.89. The molecule has 1 heterocycles. The van der Waals surface area contributed by atoms with E-state index in [4.69, 9.17) is 9.47 Å². The maximum atomic E-state index is 12.4. The SMILES string of the molecule is COc1ccc2sc(C(=O)NC(=O)c3ccc(C)cc3OC)cc2c1. The normalized spacial score (nSPS) is 10.5. The Morgan fingerprint density at radius 1 is 0.960 bits per heavy atom. The predicted octanol–water partition coefficient (Wildman–Crippen LogP) is 3.80. The van der Waals surface area contributed by atoms with Crippen molar-refractivity contribution in [1.29, 1.82) is 0 Å². The summed E-state index contributed by atoms with van der Waals surface area (Å²) in [6.45, 7) is 1.90. The average Bonchev–Trinajstić information content (AvgIpc) is 3.04. The van der Waals surface area contributed by atoms with Crippen LogP contribution in [0.15, 0.2) is 42.5 Å². The minimum atomic E-state index is -0.489. The van der Waals surface area contributed by atoms with E-state index in [1.165, 1.54) is 18.4 Å². The molecule has 0 aliphatic carbocycles. The summed E-state index contributed by atoms with van der Waals surface area (Å²) in [4.78, 5) is 25.3. The molecule has 0 spiro atoms. The number of ether oxygens (including phenoxy) is 2. The van der Waals surface area contributed by atoms with Crippen molar-refractivity contribution in [3.63, 3.8) is 0 Å². The molecule has 1 aromatic heterocycles. The Balaban J connectivity index is 1.83. The van der Waals surface area contributed by atoms with Gasteiger partial charge in [-0.3, -0.25) is 14.9 Å². The Morgan fingerprint density at radius 2 is 1.76 bits per heavy atom. The number of hydrogen-bond acceptors (Lipinski definition) is 5. The zero-order valence-electron chi connectivity index (χ0n) is 14.1. The summed E-state index contributed by atoms with van der Waals surface area (Å²) in [6, 6.07) is 12.5. The van der Waals surface area contributed by atoms with Crippen molar-refractivity contribution in [2.45, 2.75) is 6.92 Å². The predicted molar refractivity (Wildman–Crippen MR) is 97.9 cm³/mol. The van der Waals surface area contributed by atoms with Crippen molar-refractivity contribution in [2.75, 3.05) is 14.2 Å². The van der Waals surface area contributed by atoms with Crippen molar-refractivity contribution in [3.8, 4) is 11.5 Å². The van der Waals surface area contributed by atoms with Gasteiger partial charge in [0.05, 0.1) is 24.7 Å². The molecular formula is C19H17NO4S. The highest BCUT2D eigenvalue weighted by atomic mass is 32.1. The maximum absolute atomic E-state index is 12.4. The Labute approximate surface area is 149 Å². The van der Waals surface area contributed by atoms with E-state index in [9.17, 15) is 9.59 Å². The summed E-state index contributed by atoms with van der Waals surface area (Å²) < 4.78 is 11.4. The second-order valence-corrected chi connectivity index (χ2v) is 6.59. The molecule has 0 atom stereocenters. The molecule has 3 aromatic rings.